The van der Waals surface area contributed by atoms with Crippen LogP contribution in [0.15, 0.2) is 11.0 Å². The van der Waals surface area contributed by atoms with E-state index in [1.807, 2.05) is 13.2 Å². The van der Waals surface area contributed by atoms with Gasteiger partial charge in [-0.15, -0.1) is 0 Å². The monoisotopic (exact) mass is 319 g/mol. The third kappa shape index (κ3) is 4.72. The Kier molecular flexibility index (Phi) is 6.87. The molecule has 8 heteroatoms. The molecule has 6 nitrogen and oxygen atoms in total. The third-order valence-electron chi connectivity index (χ3n) is 2.65. The second-order valence-corrected chi connectivity index (χ2v) is 5.60. The summed E-state index contributed by atoms with van der Waals surface area (Å²) in [6.07, 6.45) is 4.43. The topological polar surface area (TPSA) is 73.2 Å². The van der Waals surface area contributed by atoms with E-state index in [4.69, 9.17) is 11.6 Å². The van der Waals surface area contributed by atoms with Crippen molar-refractivity contribution in [1.29, 1.82) is 0 Å². The number of rotatable bonds is 7. The molecule has 0 bridgehead atoms. The van der Waals surface area contributed by atoms with Gasteiger partial charge in [0.25, 0.3) is 5.56 Å². The molecule has 1 atom stereocenters. The van der Waals surface area contributed by atoms with Crippen molar-refractivity contribution in [1.82, 2.24) is 9.78 Å². The Balaban J connectivity index is 2.83. The standard InChI is InChI=1S/C12H18ClN3O3S/c1-8(4-5-20-3)15-9-6-14-16(7-10(17)19-2)12(18)11(9)13/h6,8,15H,4-5,7H2,1-3H3. The van der Waals surface area contributed by atoms with Crippen molar-refractivity contribution in [3.63, 3.8) is 0 Å². The molecule has 0 aliphatic heterocycles. The minimum Gasteiger partial charge on any atom is -0.468 e. The van der Waals surface area contributed by atoms with E-state index in [0.29, 0.717) is 5.69 Å². The predicted molar refractivity (Wildman–Crippen MR) is 81.6 cm³/mol. The molecule has 1 rings (SSSR count). The Morgan fingerprint density at radius 1 is 1.65 bits per heavy atom. The van der Waals surface area contributed by atoms with Crippen molar-refractivity contribution in [3.8, 4) is 0 Å². The van der Waals surface area contributed by atoms with Crippen LogP contribution in [0.25, 0.3) is 0 Å². The predicted octanol–water partition coefficient (Wildman–Crippen LogP) is 1.62. The average Bonchev–Trinajstić information content (AvgIpc) is 2.44. The molecule has 0 aromatic carbocycles. The third-order valence-corrected chi connectivity index (χ3v) is 3.66. The number of hydrogen-bond donors (Lipinski definition) is 1. The fraction of sp³-hybridized carbons (Fsp3) is 0.583. The van der Waals surface area contributed by atoms with Crippen molar-refractivity contribution < 1.29 is 9.53 Å². The molecule has 0 aliphatic rings. The molecular formula is C12H18ClN3O3S. The summed E-state index contributed by atoms with van der Waals surface area (Å²) in [7, 11) is 1.25. The highest BCUT2D eigenvalue weighted by molar-refractivity contribution is 7.98. The first kappa shape index (κ1) is 16.8. The van der Waals surface area contributed by atoms with E-state index in [1.54, 1.807) is 11.8 Å². The lowest BCUT2D eigenvalue weighted by atomic mass is 10.2. The molecule has 0 aliphatic carbocycles. The van der Waals surface area contributed by atoms with Gasteiger partial charge in [0.05, 0.1) is 19.0 Å². The first-order valence-corrected chi connectivity index (χ1v) is 7.84. The molecule has 1 aromatic rings. The Bertz CT molecular complexity index is 521. The van der Waals surface area contributed by atoms with Crippen LogP contribution in [-0.4, -0.2) is 40.9 Å². The second-order valence-electron chi connectivity index (χ2n) is 4.24. The van der Waals surface area contributed by atoms with Crippen LogP contribution in [0.1, 0.15) is 13.3 Å². The quantitative estimate of drug-likeness (QED) is 0.770. The Hall–Kier alpha value is -1.21. The summed E-state index contributed by atoms with van der Waals surface area (Å²) in [5.41, 5.74) is -0.0366. The normalized spacial score (nSPS) is 12.0. The highest BCUT2D eigenvalue weighted by Gasteiger charge is 2.13. The number of methoxy groups -OCH3 is 1. The van der Waals surface area contributed by atoms with Gasteiger partial charge in [-0.25, -0.2) is 4.68 Å². The number of thioether (sulfide) groups is 1. The first-order chi connectivity index (χ1) is 9.49. The van der Waals surface area contributed by atoms with E-state index in [1.165, 1.54) is 13.3 Å². The number of nitrogens with one attached hydrogen (secondary N) is 1. The molecule has 1 unspecified atom stereocenters. The molecule has 1 aromatic heterocycles. The number of carbonyl (C=O) groups excluding carboxylic acids is 1. The minimum absolute atomic E-state index is 0.0277. The highest BCUT2D eigenvalue weighted by Crippen LogP contribution is 2.17. The summed E-state index contributed by atoms with van der Waals surface area (Å²) in [4.78, 5) is 23.1. The maximum Gasteiger partial charge on any atom is 0.327 e. The van der Waals surface area contributed by atoms with Crippen molar-refractivity contribution >= 4 is 35.0 Å². The van der Waals surface area contributed by atoms with E-state index < -0.39 is 11.5 Å². The molecule has 1 N–H and O–H groups in total. The Morgan fingerprint density at radius 3 is 2.95 bits per heavy atom. The van der Waals surface area contributed by atoms with Gasteiger partial charge in [-0.2, -0.15) is 16.9 Å². The van der Waals surface area contributed by atoms with Crippen molar-refractivity contribution in [2.75, 3.05) is 24.4 Å². The fourth-order valence-electron chi connectivity index (χ4n) is 1.50. The van der Waals surface area contributed by atoms with E-state index in [-0.39, 0.29) is 17.6 Å². The summed E-state index contributed by atoms with van der Waals surface area (Å²) in [5, 5.41) is 7.08. The Morgan fingerprint density at radius 2 is 2.35 bits per heavy atom. The van der Waals surface area contributed by atoms with Gasteiger partial charge in [-0.3, -0.25) is 9.59 Å². The van der Waals surface area contributed by atoms with Crippen LogP contribution in [0.4, 0.5) is 5.69 Å². The lowest BCUT2D eigenvalue weighted by Gasteiger charge is -2.15. The number of ether oxygens (including phenoxy) is 1. The number of hydrogen-bond acceptors (Lipinski definition) is 6. The van der Waals surface area contributed by atoms with Crippen molar-refractivity contribution in [2.24, 2.45) is 0 Å². The van der Waals surface area contributed by atoms with Crippen LogP contribution in [0.2, 0.25) is 5.02 Å². The number of carbonyl (C=O) groups is 1. The number of nitrogens with zero attached hydrogens (tertiary/aromatic N) is 2. The molecule has 0 fully saturated rings. The van der Waals surface area contributed by atoms with E-state index in [0.717, 1.165) is 16.9 Å². The number of halogens is 1. The zero-order valence-electron chi connectivity index (χ0n) is 11.7. The van der Waals surface area contributed by atoms with Gasteiger partial charge in [-0.1, -0.05) is 11.6 Å². The van der Waals surface area contributed by atoms with Crippen LogP contribution in [-0.2, 0) is 16.1 Å². The summed E-state index contributed by atoms with van der Waals surface area (Å²) < 4.78 is 5.47. The molecule has 0 amide bonds. The first-order valence-electron chi connectivity index (χ1n) is 6.07. The van der Waals surface area contributed by atoms with Gasteiger partial charge in [0.2, 0.25) is 0 Å². The molecule has 1 heterocycles. The van der Waals surface area contributed by atoms with E-state index in [2.05, 4.69) is 15.2 Å². The van der Waals surface area contributed by atoms with Crippen molar-refractivity contribution in [2.45, 2.75) is 25.9 Å². The average molecular weight is 320 g/mol. The van der Waals surface area contributed by atoms with Crippen LogP contribution in [0.3, 0.4) is 0 Å². The molecule has 0 radical (unpaired) electrons. The fourth-order valence-corrected chi connectivity index (χ4v) is 2.29. The van der Waals surface area contributed by atoms with E-state index >= 15 is 0 Å². The maximum atomic E-state index is 12.0. The SMILES string of the molecule is COC(=O)Cn1ncc(NC(C)CCSC)c(Cl)c1=O. The number of esters is 1. The minimum atomic E-state index is -0.551. The second kappa shape index (κ2) is 8.16. The summed E-state index contributed by atoms with van der Waals surface area (Å²) in [6.45, 7) is 1.75. The van der Waals surface area contributed by atoms with Crippen LogP contribution in [0.5, 0.6) is 0 Å². The Labute approximate surface area is 126 Å². The highest BCUT2D eigenvalue weighted by atomic mass is 35.5. The van der Waals surface area contributed by atoms with Gasteiger partial charge in [-0.05, 0) is 25.4 Å². The van der Waals surface area contributed by atoms with Gasteiger partial charge < -0.3 is 10.1 Å². The van der Waals surface area contributed by atoms with Crippen LogP contribution < -0.4 is 10.9 Å². The molecule has 0 saturated carbocycles. The van der Waals surface area contributed by atoms with Crippen LogP contribution in [0, 0.1) is 0 Å². The molecular weight excluding hydrogens is 302 g/mol. The van der Waals surface area contributed by atoms with Gasteiger partial charge in [0.1, 0.15) is 11.6 Å². The molecule has 20 heavy (non-hydrogen) atoms. The lowest BCUT2D eigenvalue weighted by Crippen LogP contribution is -2.29. The zero-order valence-corrected chi connectivity index (χ0v) is 13.3. The number of aromatic nitrogens is 2. The summed E-state index contributed by atoms with van der Waals surface area (Å²) in [5.74, 6) is 0.461. The smallest absolute Gasteiger partial charge is 0.327 e. The van der Waals surface area contributed by atoms with Gasteiger partial charge in [0, 0.05) is 6.04 Å². The number of anilines is 1. The summed E-state index contributed by atoms with van der Waals surface area (Å²) >= 11 is 7.76. The summed E-state index contributed by atoms with van der Waals surface area (Å²) in [6, 6.07) is 0.178. The zero-order chi connectivity index (χ0) is 15.1. The molecule has 112 valence electrons. The largest absolute Gasteiger partial charge is 0.468 e. The van der Waals surface area contributed by atoms with E-state index in [9.17, 15) is 9.59 Å². The van der Waals surface area contributed by atoms with Crippen LogP contribution >= 0.6 is 23.4 Å². The van der Waals surface area contributed by atoms with Gasteiger partial charge >= 0.3 is 5.97 Å². The maximum absolute atomic E-state index is 12.0. The molecule has 0 saturated heterocycles. The molecule has 0 spiro atoms. The van der Waals surface area contributed by atoms with Gasteiger partial charge in [0.15, 0.2) is 0 Å². The van der Waals surface area contributed by atoms with Crippen molar-refractivity contribution in [3.05, 3.63) is 21.6 Å². The lowest BCUT2D eigenvalue weighted by molar-refractivity contribution is -0.141.